The van der Waals surface area contributed by atoms with Gasteiger partial charge in [-0.05, 0) is 49.9 Å². The van der Waals surface area contributed by atoms with Crippen molar-refractivity contribution < 1.29 is 9.59 Å². The van der Waals surface area contributed by atoms with Crippen molar-refractivity contribution in [3.8, 4) is 0 Å². The highest BCUT2D eigenvalue weighted by molar-refractivity contribution is 5.94. The summed E-state index contributed by atoms with van der Waals surface area (Å²) in [4.78, 5) is 23.9. The molecule has 2 amide bonds. The van der Waals surface area contributed by atoms with Gasteiger partial charge in [0.05, 0.1) is 0 Å². The average molecular weight is 354 g/mol. The third kappa shape index (κ3) is 6.49. The Hall–Kier alpha value is -1.59. The van der Waals surface area contributed by atoms with Gasteiger partial charge in [-0.25, -0.2) is 0 Å². The van der Waals surface area contributed by atoms with Gasteiger partial charge in [0.15, 0.2) is 0 Å². The van der Waals surface area contributed by atoms with Crippen LogP contribution in [0.5, 0.6) is 0 Å². The molecule has 1 aliphatic carbocycles. The van der Waals surface area contributed by atoms with Crippen molar-refractivity contribution >= 4 is 24.2 Å². The summed E-state index contributed by atoms with van der Waals surface area (Å²) >= 11 is 0. The third-order valence-electron chi connectivity index (χ3n) is 4.33. The number of unbranched alkanes of at least 4 members (excludes halogenated alkanes) is 1. The predicted octanol–water partition coefficient (Wildman–Crippen LogP) is 2.38. The molecule has 0 saturated heterocycles. The molecule has 6 heteroatoms. The molecule has 2 rings (SSSR count). The Morgan fingerprint density at radius 2 is 1.71 bits per heavy atom. The molecule has 1 aliphatic rings. The maximum absolute atomic E-state index is 12.0. The van der Waals surface area contributed by atoms with Crippen LogP contribution in [0.4, 0.5) is 0 Å². The minimum atomic E-state index is -0.0661. The minimum absolute atomic E-state index is 0. The van der Waals surface area contributed by atoms with E-state index in [2.05, 4.69) is 10.6 Å². The lowest BCUT2D eigenvalue weighted by Gasteiger charge is -2.11. The first-order valence-electron chi connectivity index (χ1n) is 8.55. The van der Waals surface area contributed by atoms with Crippen LogP contribution < -0.4 is 16.4 Å². The van der Waals surface area contributed by atoms with E-state index < -0.39 is 0 Å². The van der Waals surface area contributed by atoms with E-state index in [9.17, 15) is 9.59 Å². The van der Waals surface area contributed by atoms with Crippen LogP contribution in [-0.4, -0.2) is 24.9 Å². The van der Waals surface area contributed by atoms with E-state index in [0.717, 1.165) is 44.1 Å². The van der Waals surface area contributed by atoms with E-state index in [0.29, 0.717) is 25.2 Å². The van der Waals surface area contributed by atoms with Gasteiger partial charge >= 0.3 is 0 Å². The molecular weight excluding hydrogens is 326 g/mol. The molecule has 1 aromatic rings. The Labute approximate surface area is 150 Å². The number of hydrogen-bond donors (Lipinski definition) is 3. The van der Waals surface area contributed by atoms with Crippen LogP contribution in [0.1, 0.15) is 54.4 Å². The molecule has 0 radical (unpaired) electrons. The molecule has 134 valence electrons. The third-order valence-corrected chi connectivity index (χ3v) is 4.33. The summed E-state index contributed by atoms with van der Waals surface area (Å²) in [5, 5.41) is 5.86. The number of halogens is 1. The number of carbonyl (C=O) groups is 2. The first-order valence-corrected chi connectivity index (χ1v) is 8.55. The Morgan fingerprint density at radius 3 is 2.33 bits per heavy atom. The molecule has 0 heterocycles. The number of nitrogens with one attached hydrogen (secondary N) is 2. The summed E-state index contributed by atoms with van der Waals surface area (Å²) in [6.45, 7) is 1.82. The summed E-state index contributed by atoms with van der Waals surface area (Å²) < 4.78 is 0. The van der Waals surface area contributed by atoms with E-state index in [4.69, 9.17) is 5.73 Å². The molecule has 0 aliphatic heterocycles. The van der Waals surface area contributed by atoms with E-state index in [-0.39, 0.29) is 30.1 Å². The predicted molar refractivity (Wildman–Crippen MR) is 98.1 cm³/mol. The van der Waals surface area contributed by atoms with Gasteiger partial charge in [-0.2, -0.15) is 0 Å². The smallest absolute Gasteiger partial charge is 0.251 e. The van der Waals surface area contributed by atoms with Gasteiger partial charge in [-0.3, -0.25) is 9.59 Å². The zero-order valence-electron chi connectivity index (χ0n) is 14.1. The average Bonchev–Trinajstić information content (AvgIpc) is 3.11. The second-order valence-corrected chi connectivity index (χ2v) is 6.15. The van der Waals surface area contributed by atoms with Gasteiger partial charge in [-0.15, -0.1) is 12.4 Å². The van der Waals surface area contributed by atoms with E-state index in [1.54, 1.807) is 12.1 Å². The second-order valence-electron chi connectivity index (χ2n) is 6.15. The van der Waals surface area contributed by atoms with Crippen LogP contribution in [0.15, 0.2) is 24.3 Å². The number of nitrogens with two attached hydrogens (primary N) is 1. The zero-order valence-corrected chi connectivity index (χ0v) is 14.9. The van der Waals surface area contributed by atoms with Crippen molar-refractivity contribution in [3.05, 3.63) is 35.4 Å². The molecule has 0 unspecified atom stereocenters. The molecule has 0 spiro atoms. The van der Waals surface area contributed by atoms with Crippen LogP contribution >= 0.6 is 12.4 Å². The van der Waals surface area contributed by atoms with Crippen LogP contribution in [-0.2, 0) is 11.3 Å². The van der Waals surface area contributed by atoms with Crippen molar-refractivity contribution in [1.82, 2.24) is 10.6 Å². The maximum atomic E-state index is 12.0. The molecule has 5 nitrogen and oxygen atoms in total. The normalized spacial score (nSPS) is 14.0. The van der Waals surface area contributed by atoms with Gasteiger partial charge in [0.25, 0.3) is 5.91 Å². The van der Waals surface area contributed by atoms with Crippen LogP contribution in [0.2, 0.25) is 0 Å². The fraction of sp³-hybridized carbons (Fsp3) is 0.556. The van der Waals surface area contributed by atoms with Crippen molar-refractivity contribution in [1.29, 1.82) is 0 Å². The topological polar surface area (TPSA) is 84.2 Å². The quantitative estimate of drug-likeness (QED) is 0.627. The first kappa shape index (κ1) is 20.5. The summed E-state index contributed by atoms with van der Waals surface area (Å²) in [6.07, 6.45) is 6.15. The van der Waals surface area contributed by atoms with Crippen molar-refractivity contribution in [3.63, 3.8) is 0 Å². The molecule has 0 aromatic heterocycles. The second kappa shape index (κ2) is 11.0. The molecule has 24 heavy (non-hydrogen) atoms. The first-order chi connectivity index (χ1) is 11.2. The lowest BCUT2D eigenvalue weighted by atomic mass is 10.1. The summed E-state index contributed by atoms with van der Waals surface area (Å²) in [6, 6.07) is 7.39. The molecule has 4 N–H and O–H groups in total. The van der Waals surface area contributed by atoms with Crippen molar-refractivity contribution in [2.45, 2.75) is 45.1 Å². The number of carbonyl (C=O) groups excluding carboxylic acids is 2. The van der Waals surface area contributed by atoms with Gasteiger partial charge in [0, 0.05) is 24.6 Å². The highest BCUT2D eigenvalue weighted by Gasteiger charge is 2.22. The van der Waals surface area contributed by atoms with Gasteiger partial charge in [-0.1, -0.05) is 25.0 Å². The number of amides is 2. The maximum Gasteiger partial charge on any atom is 0.251 e. The lowest BCUT2D eigenvalue weighted by molar-refractivity contribution is -0.124. The van der Waals surface area contributed by atoms with Gasteiger partial charge in [0.2, 0.25) is 5.91 Å². The number of hydrogen-bond acceptors (Lipinski definition) is 3. The zero-order chi connectivity index (χ0) is 16.5. The summed E-state index contributed by atoms with van der Waals surface area (Å²) in [7, 11) is 0. The van der Waals surface area contributed by atoms with Crippen LogP contribution in [0, 0.1) is 5.92 Å². The molecule has 0 atom stereocenters. The van der Waals surface area contributed by atoms with Crippen molar-refractivity contribution in [2.75, 3.05) is 13.1 Å². The van der Waals surface area contributed by atoms with Crippen LogP contribution in [0.3, 0.4) is 0 Å². The Kier molecular flexibility index (Phi) is 9.42. The Bertz CT molecular complexity index is 514. The van der Waals surface area contributed by atoms with Gasteiger partial charge in [0.1, 0.15) is 0 Å². The highest BCUT2D eigenvalue weighted by atomic mass is 35.5. The fourth-order valence-corrected chi connectivity index (χ4v) is 2.87. The minimum Gasteiger partial charge on any atom is -0.352 e. The largest absolute Gasteiger partial charge is 0.352 e. The summed E-state index contributed by atoms with van der Waals surface area (Å²) in [5.74, 6) is 0.279. The van der Waals surface area contributed by atoms with Crippen LogP contribution in [0.25, 0.3) is 0 Å². The lowest BCUT2D eigenvalue weighted by Crippen LogP contribution is -2.28. The number of benzene rings is 1. The van der Waals surface area contributed by atoms with E-state index in [1.807, 2.05) is 12.1 Å². The number of rotatable bonds is 8. The molecule has 1 fully saturated rings. The van der Waals surface area contributed by atoms with Crippen molar-refractivity contribution in [2.24, 2.45) is 11.7 Å². The van der Waals surface area contributed by atoms with Gasteiger partial charge < -0.3 is 16.4 Å². The Morgan fingerprint density at radius 1 is 1.04 bits per heavy atom. The fourth-order valence-electron chi connectivity index (χ4n) is 2.87. The SMILES string of the molecule is Cl.NCCCCNC(=O)c1ccc(CNC(=O)C2CCCC2)cc1. The monoisotopic (exact) mass is 353 g/mol. The molecule has 1 saturated carbocycles. The molecule has 1 aromatic carbocycles. The van der Waals surface area contributed by atoms with E-state index in [1.165, 1.54) is 0 Å². The standard InChI is InChI=1S/C18H27N3O2.ClH/c19-11-3-4-12-20-17(22)16-9-7-14(8-10-16)13-21-18(23)15-5-1-2-6-15;/h7-10,15H,1-6,11-13,19H2,(H,20,22)(H,21,23);1H. The molecular formula is C18H28ClN3O2. The Balaban J connectivity index is 0.00000288. The summed E-state index contributed by atoms with van der Waals surface area (Å²) in [5.41, 5.74) is 7.07. The molecule has 0 bridgehead atoms. The van der Waals surface area contributed by atoms with E-state index >= 15 is 0 Å². The highest BCUT2D eigenvalue weighted by Crippen LogP contribution is 2.24.